The molecule has 0 heterocycles. The lowest BCUT2D eigenvalue weighted by molar-refractivity contribution is 0.187. The van der Waals surface area contributed by atoms with Crippen LogP contribution in [-0.2, 0) is 4.74 Å². The summed E-state index contributed by atoms with van der Waals surface area (Å²) < 4.78 is 4.48. The highest BCUT2D eigenvalue weighted by Gasteiger charge is 2.02. The van der Waals surface area contributed by atoms with Gasteiger partial charge < -0.3 is 9.84 Å². The van der Waals surface area contributed by atoms with Crippen LogP contribution in [0.5, 0.6) is 0 Å². The Balaban J connectivity index is 2.93. The van der Waals surface area contributed by atoms with Gasteiger partial charge in [0.15, 0.2) is 0 Å². The monoisotopic (exact) mass is 219 g/mol. The molecule has 84 valence electrons. The second-order valence-electron chi connectivity index (χ2n) is 3.11. The van der Waals surface area contributed by atoms with E-state index in [9.17, 15) is 4.79 Å². The minimum atomic E-state index is -0.523. The summed E-state index contributed by atoms with van der Waals surface area (Å²) in [6, 6.07) is 5.33. The van der Waals surface area contributed by atoms with Crippen molar-refractivity contribution in [3.63, 3.8) is 0 Å². The number of carbonyl (C=O) groups excluding carboxylic acids is 1. The quantitative estimate of drug-likeness (QED) is 0.704. The molecule has 1 rings (SSSR count). The van der Waals surface area contributed by atoms with Crippen LogP contribution in [0.15, 0.2) is 18.2 Å². The van der Waals surface area contributed by atoms with Crippen LogP contribution >= 0.6 is 0 Å². The lowest BCUT2D eigenvalue weighted by atomic mass is 10.1. The van der Waals surface area contributed by atoms with E-state index in [2.05, 4.69) is 21.9 Å². The summed E-state index contributed by atoms with van der Waals surface area (Å²) in [7, 11) is 1.30. The number of anilines is 1. The molecule has 0 radical (unpaired) electrons. The van der Waals surface area contributed by atoms with Gasteiger partial charge in [-0.3, -0.25) is 5.32 Å². The largest absolute Gasteiger partial charge is 0.453 e. The Hall–Kier alpha value is -1.99. The van der Waals surface area contributed by atoms with Crippen molar-refractivity contribution >= 4 is 11.8 Å². The molecule has 0 aliphatic rings. The van der Waals surface area contributed by atoms with Crippen LogP contribution in [0, 0.1) is 18.8 Å². The van der Waals surface area contributed by atoms with Crippen molar-refractivity contribution < 1.29 is 14.6 Å². The number of nitrogens with one attached hydrogen (secondary N) is 1. The van der Waals surface area contributed by atoms with Crippen molar-refractivity contribution in [3.05, 3.63) is 29.3 Å². The Bertz CT molecular complexity index is 443. The molecule has 0 bridgehead atoms. The summed E-state index contributed by atoms with van der Waals surface area (Å²) in [4.78, 5) is 11.0. The van der Waals surface area contributed by atoms with Gasteiger partial charge in [0.25, 0.3) is 0 Å². The molecule has 4 heteroatoms. The first-order valence-corrected chi connectivity index (χ1v) is 4.72. The maximum Gasteiger partial charge on any atom is 0.411 e. The van der Waals surface area contributed by atoms with Gasteiger partial charge in [-0.05, 0) is 24.6 Å². The number of hydrogen-bond acceptors (Lipinski definition) is 3. The predicted octanol–water partition coefficient (Wildman–Crippen LogP) is 1.52. The summed E-state index contributed by atoms with van der Waals surface area (Å²) in [5.74, 6) is 5.36. The Morgan fingerprint density at radius 3 is 2.94 bits per heavy atom. The minimum absolute atomic E-state index is 0.186. The van der Waals surface area contributed by atoms with Crippen molar-refractivity contribution in [3.8, 4) is 11.8 Å². The average Bonchev–Trinajstić information content (AvgIpc) is 2.29. The number of aryl methyl sites for hydroxylation is 1. The number of rotatable bonds is 1. The van der Waals surface area contributed by atoms with Crippen LogP contribution in [0.25, 0.3) is 0 Å². The molecule has 0 spiro atoms. The summed E-state index contributed by atoms with van der Waals surface area (Å²) in [5, 5.41) is 11.2. The van der Waals surface area contributed by atoms with E-state index in [-0.39, 0.29) is 6.61 Å². The number of methoxy groups -OCH3 is 1. The lowest BCUT2D eigenvalue weighted by Crippen LogP contribution is -2.11. The average molecular weight is 219 g/mol. The fourth-order valence-corrected chi connectivity index (χ4v) is 1.14. The SMILES string of the molecule is COC(=O)Nc1ccc(C)c(C#CCO)c1. The smallest absolute Gasteiger partial charge is 0.411 e. The second kappa shape index (κ2) is 5.79. The van der Waals surface area contributed by atoms with Gasteiger partial charge >= 0.3 is 6.09 Å². The topological polar surface area (TPSA) is 58.6 Å². The van der Waals surface area contributed by atoms with E-state index in [0.717, 1.165) is 11.1 Å². The molecule has 0 unspecified atom stereocenters. The molecule has 0 fully saturated rings. The van der Waals surface area contributed by atoms with Crippen molar-refractivity contribution in [2.45, 2.75) is 6.92 Å². The van der Waals surface area contributed by atoms with E-state index < -0.39 is 6.09 Å². The molecular weight excluding hydrogens is 206 g/mol. The van der Waals surface area contributed by atoms with E-state index >= 15 is 0 Å². The predicted molar refractivity (Wildman–Crippen MR) is 61.2 cm³/mol. The number of aliphatic hydroxyl groups is 1. The van der Waals surface area contributed by atoms with Crippen molar-refractivity contribution in [2.75, 3.05) is 19.0 Å². The van der Waals surface area contributed by atoms with E-state index in [4.69, 9.17) is 5.11 Å². The highest BCUT2D eigenvalue weighted by molar-refractivity contribution is 5.84. The standard InChI is InChI=1S/C12H13NO3/c1-9-5-6-11(13-12(15)16-2)8-10(9)4-3-7-14/h5-6,8,14H,7H2,1-2H3,(H,13,15). The molecule has 0 saturated heterocycles. The van der Waals surface area contributed by atoms with Crippen molar-refractivity contribution in [1.29, 1.82) is 0 Å². The number of hydrogen-bond donors (Lipinski definition) is 2. The Morgan fingerprint density at radius 2 is 2.31 bits per heavy atom. The summed E-state index contributed by atoms with van der Waals surface area (Å²) >= 11 is 0. The Kier molecular flexibility index (Phi) is 4.37. The second-order valence-corrected chi connectivity index (χ2v) is 3.11. The Labute approximate surface area is 94.2 Å². The molecular formula is C12H13NO3. The van der Waals surface area contributed by atoms with E-state index in [1.165, 1.54) is 7.11 Å². The minimum Gasteiger partial charge on any atom is -0.453 e. The number of benzene rings is 1. The van der Waals surface area contributed by atoms with Crippen LogP contribution < -0.4 is 5.32 Å². The van der Waals surface area contributed by atoms with E-state index in [1.54, 1.807) is 12.1 Å². The van der Waals surface area contributed by atoms with Crippen LogP contribution in [0.1, 0.15) is 11.1 Å². The maximum atomic E-state index is 11.0. The van der Waals surface area contributed by atoms with Gasteiger partial charge in [-0.2, -0.15) is 0 Å². The van der Waals surface area contributed by atoms with Gasteiger partial charge in [0.05, 0.1) is 7.11 Å². The molecule has 4 nitrogen and oxygen atoms in total. The number of aliphatic hydroxyl groups excluding tert-OH is 1. The van der Waals surface area contributed by atoms with Gasteiger partial charge in [0.2, 0.25) is 0 Å². The normalized spacial score (nSPS) is 8.94. The summed E-state index contributed by atoms with van der Waals surface area (Å²) in [6.45, 7) is 1.72. The zero-order chi connectivity index (χ0) is 12.0. The Morgan fingerprint density at radius 1 is 1.56 bits per heavy atom. The first-order valence-electron chi connectivity index (χ1n) is 4.72. The first-order chi connectivity index (χ1) is 7.67. The molecule has 2 N–H and O–H groups in total. The zero-order valence-electron chi connectivity index (χ0n) is 9.20. The molecule has 0 aliphatic heterocycles. The van der Waals surface area contributed by atoms with E-state index in [0.29, 0.717) is 5.69 Å². The van der Waals surface area contributed by atoms with Gasteiger partial charge in [-0.15, -0.1) is 0 Å². The number of amides is 1. The van der Waals surface area contributed by atoms with Crippen LogP contribution in [0.4, 0.5) is 10.5 Å². The van der Waals surface area contributed by atoms with Gasteiger partial charge in [0.1, 0.15) is 6.61 Å². The third-order valence-electron chi connectivity index (χ3n) is 1.97. The fraction of sp³-hybridized carbons (Fsp3) is 0.250. The third-order valence-corrected chi connectivity index (χ3v) is 1.97. The molecule has 1 aromatic carbocycles. The van der Waals surface area contributed by atoms with E-state index in [1.807, 2.05) is 13.0 Å². The third kappa shape index (κ3) is 3.30. The summed E-state index contributed by atoms with van der Waals surface area (Å²) in [6.07, 6.45) is -0.523. The van der Waals surface area contributed by atoms with Gasteiger partial charge in [0, 0.05) is 11.3 Å². The van der Waals surface area contributed by atoms with Crippen LogP contribution in [0.2, 0.25) is 0 Å². The van der Waals surface area contributed by atoms with Crippen molar-refractivity contribution in [1.82, 2.24) is 0 Å². The highest BCUT2D eigenvalue weighted by Crippen LogP contribution is 2.14. The molecule has 1 amide bonds. The number of ether oxygens (including phenoxy) is 1. The van der Waals surface area contributed by atoms with Crippen molar-refractivity contribution in [2.24, 2.45) is 0 Å². The number of carbonyl (C=O) groups is 1. The summed E-state index contributed by atoms with van der Waals surface area (Å²) in [5.41, 5.74) is 2.36. The first kappa shape index (κ1) is 12.1. The molecule has 0 saturated carbocycles. The molecule has 0 aromatic heterocycles. The van der Waals surface area contributed by atoms with Crippen LogP contribution in [-0.4, -0.2) is 24.9 Å². The fourth-order valence-electron chi connectivity index (χ4n) is 1.14. The van der Waals surface area contributed by atoms with Crippen LogP contribution in [0.3, 0.4) is 0 Å². The molecule has 16 heavy (non-hydrogen) atoms. The van der Waals surface area contributed by atoms with Gasteiger partial charge in [-0.25, -0.2) is 4.79 Å². The maximum absolute atomic E-state index is 11.0. The zero-order valence-corrected chi connectivity index (χ0v) is 9.20. The molecule has 0 atom stereocenters. The lowest BCUT2D eigenvalue weighted by Gasteiger charge is -2.05. The highest BCUT2D eigenvalue weighted by atomic mass is 16.5. The van der Waals surface area contributed by atoms with Gasteiger partial charge in [-0.1, -0.05) is 17.9 Å². The molecule has 0 aliphatic carbocycles. The molecule has 1 aromatic rings.